The van der Waals surface area contributed by atoms with Gasteiger partial charge >= 0.3 is 0 Å². The lowest BCUT2D eigenvalue weighted by molar-refractivity contribution is 0.261. The van der Waals surface area contributed by atoms with Crippen molar-refractivity contribution in [3.05, 3.63) is 29.3 Å². The Labute approximate surface area is 91.2 Å². The van der Waals surface area contributed by atoms with Crippen LogP contribution in [0.5, 0.6) is 5.75 Å². The fourth-order valence-corrected chi connectivity index (χ4v) is 1.83. The van der Waals surface area contributed by atoms with Gasteiger partial charge in [0.1, 0.15) is 18.5 Å². The van der Waals surface area contributed by atoms with Crippen molar-refractivity contribution in [3.8, 4) is 5.75 Å². The minimum absolute atomic E-state index is 0.333. The quantitative estimate of drug-likeness (QED) is 0.691. The largest absolute Gasteiger partial charge is 0.490 e. The summed E-state index contributed by atoms with van der Waals surface area (Å²) in [7, 11) is 0. The van der Waals surface area contributed by atoms with E-state index in [4.69, 9.17) is 9.47 Å². The number of rotatable bonds is 5. The molecule has 1 aromatic rings. The van der Waals surface area contributed by atoms with E-state index < -0.39 is 0 Å². The van der Waals surface area contributed by atoms with Crippen molar-refractivity contribution in [1.82, 2.24) is 0 Å². The van der Waals surface area contributed by atoms with Gasteiger partial charge in [0, 0.05) is 0 Å². The van der Waals surface area contributed by atoms with Gasteiger partial charge in [-0.05, 0) is 30.0 Å². The Kier molecular flexibility index (Phi) is 3.27. The number of aryl methyl sites for hydroxylation is 1. The second-order valence-corrected chi connectivity index (χ2v) is 3.87. The van der Waals surface area contributed by atoms with Crippen LogP contribution in [0.2, 0.25) is 0 Å². The first-order chi connectivity index (χ1) is 7.35. The third kappa shape index (κ3) is 2.51. The second kappa shape index (κ2) is 4.67. The molecule has 2 nitrogen and oxygen atoms in total. The van der Waals surface area contributed by atoms with E-state index in [0.717, 1.165) is 25.2 Å². The van der Waals surface area contributed by atoms with E-state index >= 15 is 0 Å². The Morgan fingerprint density at radius 3 is 2.73 bits per heavy atom. The van der Waals surface area contributed by atoms with Gasteiger partial charge < -0.3 is 9.47 Å². The molecule has 0 spiro atoms. The predicted molar refractivity (Wildman–Crippen MR) is 60.4 cm³/mol. The molecule has 1 atom stereocenters. The van der Waals surface area contributed by atoms with Gasteiger partial charge in [0.2, 0.25) is 0 Å². The fourth-order valence-electron chi connectivity index (χ4n) is 1.83. The summed E-state index contributed by atoms with van der Waals surface area (Å²) in [6.07, 6.45) is 2.44. The van der Waals surface area contributed by atoms with Gasteiger partial charge in [0.25, 0.3) is 0 Å². The molecule has 0 bridgehead atoms. The first-order valence-electron chi connectivity index (χ1n) is 5.70. The second-order valence-electron chi connectivity index (χ2n) is 3.87. The van der Waals surface area contributed by atoms with Crippen LogP contribution in [0.3, 0.4) is 0 Å². The van der Waals surface area contributed by atoms with E-state index in [1.54, 1.807) is 0 Å². The molecule has 1 aromatic carbocycles. The maximum absolute atomic E-state index is 5.77. The number of hydrogen-bond donors (Lipinski definition) is 0. The predicted octanol–water partition coefficient (Wildman–Crippen LogP) is 2.59. The summed E-state index contributed by atoms with van der Waals surface area (Å²) >= 11 is 0. The Hall–Kier alpha value is -1.02. The highest BCUT2D eigenvalue weighted by Crippen LogP contribution is 2.24. The molecule has 1 fully saturated rings. The molecule has 2 heteroatoms. The van der Waals surface area contributed by atoms with Crippen LogP contribution in [0.15, 0.2) is 18.2 Å². The van der Waals surface area contributed by atoms with Crippen molar-refractivity contribution in [2.24, 2.45) is 0 Å². The highest BCUT2D eigenvalue weighted by atomic mass is 16.6. The lowest BCUT2D eigenvalue weighted by Crippen LogP contribution is -2.06. The van der Waals surface area contributed by atoms with E-state index in [1.165, 1.54) is 11.1 Å². The molecule has 0 aliphatic carbocycles. The normalized spacial score (nSPS) is 18.9. The Bertz CT molecular complexity index is 329. The number of benzene rings is 1. The van der Waals surface area contributed by atoms with Crippen LogP contribution < -0.4 is 4.74 Å². The van der Waals surface area contributed by atoms with Crippen molar-refractivity contribution in [3.63, 3.8) is 0 Å². The third-order valence-corrected chi connectivity index (χ3v) is 2.79. The number of epoxide rings is 1. The van der Waals surface area contributed by atoms with Crippen molar-refractivity contribution in [1.29, 1.82) is 0 Å². The van der Waals surface area contributed by atoms with Crippen LogP contribution in [-0.2, 0) is 17.6 Å². The zero-order chi connectivity index (χ0) is 10.7. The molecule has 82 valence electrons. The Balaban J connectivity index is 2.12. The van der Waals surface area contributed by atoms with Crippen LogP contribution in [-0.4, -0.2) is 19.3 Å². The summed E-state index contributed by atoms with van der Waals surface area (Å²) in [5.74, 6) is 1.03. The Morgan fingerprint density at radius 2 is 2.13 bits per heavy atom. The zero-order valence-electron chi connectivity index (χ0n) is 9.45. The molecule has 1 aliphatic rings. The maximum Gasteiger partial charge on any atom is 0.122 e. The average molecular weight is 206 g/mol. The minimum Gasteiger partial charge on any atom is -0.490 e. The molecule has 2 rings (SSSR count). The first-order valence-corrected chi connectivity index (χ1v) is 5.70. The van der Waals surface area contributed by atoms with E-state index in [0.29, 0.717) is 12.7 Å². The van der Waals surface area contributed by atoms with Crippen LogP contribution in [0.1, 0.15) is 25.0 Å². The molecular formula is C13H18O2. The fraction of sp³-hybridized carbons (Fsp3) is 0.538. The van der Waals surface area contributed by atoms with Gasteiger partial charge in [-0.1, -0.05) is 26.0 Å². The molecule has 0 N–H and O–H groups in total. The van der Waals surface area contributed by atoms with Gasteiger partial charge in [0.05, 0.1) is 6.61 Å². The smallest absolute Gasteiger partial charge is 0.122 e. The molecular weight excluding hydrogens is 188 g/mol. The van der Waals surface area contributed by atoms with E-state index in [2.05, 4.69) is 32.0 Å². The van der Waals surface area contributed by atoms with Crippen molar-refractivity contribution >= 4 is 0 Å². The zero-order valence-corrected chi connectivity index (χ0v) is 9.45. The van der Waals surface area contributed by atoms with Gasteiger partial charge in [-0.3, -0.25) is 0 Å². The van der Waals surface area contributed by atoms with Gasteiger partial charge in [0.15, 0.2) is 0 Å². The Morgan fingerprint density at radius 1 is 1.33 bits per heavy atom. The molecule has 0 aromatic heterocycles. The number of ether oxygens (including phenoxy) is 2. The van der Waals surface area contributed by atoms with Gasteiger partial charge in [-0.15, -0.1) is 0 Å². The van der Waals surface area contributed by atoms with Crippen LogP contribution in [0.4, 0.5) is 0 Å². The topological polar surface area (TPSA) is 21.8 Å². The number of hydrogen-bond acceptors (Lipinski definition) is 2. The summed E-state index contributed by atoms with van der Waals surface area (Å²) in [6.45, 7) is 5.91. The minimum atomic E-state index is 0.333. The molecule has 15 heavy (non-hydrogen) atoms. The summed E-state index contributed by atoms with van der Waals surface area (Å²) in [5.41, 5.74) is 2.74. The molecule has 0 radical (unpaired) electrons. The van der Waals surface area contributed by atoms with Crippen molar-refractivity contribution in [2.45, 2.75) is 32.8 Å². The molecule has 1 unspecified atom stereocenters. The monoisotopic (exact) mass is 206 g/mol. The van der Waals surface area contributed by atoms with Crippen molar-refractivity contribution in [2.75, 3.05) is 13.2 Å². The maximum atomic E-state index is 5.77. The highest BCUT2D eigenvalue weighted by Gasteiger charge is 2.23. The molecule has 1 heterocycles. The molecule has 0 amide bonds. The summed E-state index contributed by atoms with van der Waals surface area (Å²) < 4.78 is 10.9. The third-order valence-electron chi connectivity index (χ3n) is 2.79. The van der Waals surface area contributed by atoms with E-state index in [1.807, 2.05) is 0 Å². The van der Waals surface area contributed by atoms with Gasteiger partial charge in [-0.25, -0.2) is 0 Å². The highest BCUT2D eigenvalue weighted by molar-refractivity contribution is 5.40. The van der Waals surface area contributed by atoms with Crippen LogP contribution >= 0.6 is 0 Å². The van der Waals surface area contributed by atoms with Crippen LogP contribution in [0.25, 0.3) is 0 Å². The summed E-state index contributed by atoms with van der Waals surface area (Å²) in [4.78, 5) is 0. The molecule has 0 saturated carbocycles. The average Bonchev–Trinajstić information content (AvgIpc) is 3.09. The standard InChI is InChI=1S/C13H18O2/c1-3-10-6-5-7-13(12(10)4-2)15-9-11-8-14-11/h5-7,11H,3-4,8-9H2,1-2H3. The van der Waals surface area contributed by atoms with E-state index in [-0.39, 0.29) is 0 Å². The van der Waals surface area contributed by atoms with Gasteiger partial charge in [-0.2, -0.15) is 0 Å². The van der Waals surface area contributed by atoms with Crippen LogP contribution in [0, 0.1) is 0 Å². The molecule has 1 aliphatic heterocycles. The molecule has 1 saturated heterocycles. The van der Waals surface area contributed by atoms with E-state index in [9.17, 15) is 0 Å². The SMILES string of the molecule is CCc1cccc(OCC2CO2)c1CC. The lowest BCUT2D eigenvalue weighted by Gasteiger charge is -2.12. The summed E-state index contributed by atoms with van der Waals surface area (Å²) in [6, 6.07) is 6.31. The van der Waals surface area contributed by atoms with Crippen molar-refractivity contribution < 1.29 is 9.47 Å². The first kappa shape index (κ1) is 10.5. The lowest BCUT2D eigenvalue weighted by atomic mass is 10.0. The summed E-state index contributed by atoms with van der Waals surface area (Å²) in [5, 5.41) is 0.